The van der Waals surface area contributed by atoms with Crippen molar-refractivity contribution in [2.24, 2.45) is 12.8 Å². The van der Waals surface area contributed by atoms with E-state index >= 15 is 0 Å². The van der Waals surface area contributed by atoms with Crippen molar-refractivity contribution in [1.29, 1.82) is 0 Å². The lowest BCUT2D eigenvalue weighted by molar-refractivity contribution is 0.539. The van der Waals surface area contributed by atoms with Gasteiger partial charge in [-0.2, -0.15) is 5.10 Å². The molecule has 0 spiro atoms. The molecule has 1 heterocycles. The molecule has 2 N–H and O–H groups in total. The molecule has 1 aromatic heterocycles. The number of sulfone groups is 1. The van der Waals surface area contributed by atoms with E-state index in [0.29, 0.717) is 6.42 Å². The minimum atomic E-state index is -3.05. The first-order chi connectivity index (χ1) is 7.32. The van der Waals surface area contributed by atoms with E-state index < -0.39 is 15.1 Å². The van der Waals surface area contributed by atoms with E-state index in [0.717, 1.165) is 12.1 Å². The van der Waals surface area contributed by atoms with Gasteiger partial charge in [-0.05, 0) is 25.8 Å². The van der Waals surface area contributed by atoms with Crippen molar-refractivity contribution in [3.05, 3.63) is 18.0 Å². The van der Waals surface area contributed by atoms with E-state index in [2.05, 4.69) is 5.10 Å². The van der Waals surface area contributed by atoms with Gasteiger partial charge in [-0.15, -0.1) is 0 Å². The van der Waals surface area contributed by atoms with Crippen LogP contribution in [0.25, 0.3) is 0 Å². The standard InChI is InChI=1S/C10H19N3O2S/c1-8(16(3,14)15)10(11)5-4-9-6-7-12-13(9)2/h6-8,10H,4-5,11H2,1-3H3. The van der Waals surface area contributed by atoms with Crippen LogP contribution in [-0.4, -0.2) is 35.7 Å². The zero-order valence-electron chi connectivity index (χ0n) is 9.92. The first kappa shape index (κ1) is 13.2. The third kappa shape index (κ3) is 3.31. The second-order valence-electron chi connectivity index (χ2n) is 4.18. The molecule has 5 nitrogen and oxygen atoms in total. The lowest BCUT2D eigenvalue weighted by Crippen LogP contribution is -2.38. The van der Waals surface area contributed by atoms with Gasteiger partial charge in [0.15, 0.2) is 9.84 Å². The van der Waals surface area contributed by atoms with E-state index in [1.54, 1.807) is 17.8 Å². The second kappa shape index (κ2) is 4.97. The van der Waals surface area contributed by atoms with Gasteiger partial charge < -0.3 is 5.73 Å². The number of rotatable bonds is 5. The molecule has 2 atom stereocenters. The highest BCUT2D eigenvalue weighted by atomic mass is 32.2. The van der Waals surface area contributed by atoms with Gasteiger partial charge in [0.2, 0.25) is 0 Å². The summed E-state index contributed by atoms with van der Waals surface area (Å²) in [5.41, 5.74) is 6.93. The van der Waals surface area contributed by atoms with Crippen LogP contribution in [0.3, 0.4) is 0 Å². The Morgan fingerprint density at radius 3 is 2.62 bits per heavy atom. The summed E-state index contributed by atoms with van der Waals surface area (Å²) in [6, 6.07) is 1.59. The Morgan fingerprint density at radius 1 is 1.56 bits per heavy atom. The topological polar surface area (TPSA) is 78.0 Å². The number of hydrogen-bond acceptors (Lipinski definition) is 4. The van der Waals surface area contributed by atoms with Gasteiger partial charge in [-0.25, -0.2) is 8.42 Å². The van der Waals surface area contributed by atoms with Crippen molar-refractivity contribution < 1.29 is 8.42 Å². The zero-order valence-corrected chi connectivity index (χ0v) is 10.7. The van der Waals surface area contributed by atoms with E-state index in [4.69, 9.17) is 5.73 Å². The summed E-state index contributed by atoms with van der Waals surface area (Å²) in [6.45, 7) is 1.66. The van der Waals surface area contributed by atoms with Crippen molar-refractivity contribution >= 4 is 9.84 Å². The fraction of sp³-hybridized carbons (Fsp3) is 0.700. The van der Waals surface area contributed by atoms with Crippen LogP contribution < -0.4 is 5.73 Å². The molecule has 0 aliphatic carbocycles. The van der Waals surface area contributed by atoms with Crippen LogP contribution in [0, 0.1) is 0 Å². The summed E-state index contributed by atoms with van der Waals surface area (Å²) >= 11 is 0. The summed E-state index contributed by atoms with van der Waals surface area (Å²) in [5.74, 6) is 0. The van der Waals surface area contributed by atoms with Crippen LogP contribution in [0.5, 0.6) is 0 Å². The fourth-order valence-corrected chi connectivity index (χ4v) is 2.28. The minimum Gasteiger partial charge on any atom is -0.327 e. The second-order valence-corrected chi connectivity index (χ2v) is 6.59. The number of nitrogens with zero attached hydrogens (tertiary/aromatic N) is 2. The highest BCUT2D eigenvalue weighted by Crippen LogP contribution is 2.09. The number of aromatic nitrogens is 2. The number of hydrogen-bond donors (Lipinski definition) is 1. The third-order valence-corrected chi connectivity index (χ3v) is 4.63. The van der Waals surface area contributed by atoms with Gasteiger partial charge in [-0.3, -0.25) is 4.68 Å². The van der Waals surface area contributed by atoms with E-state index in [1.165, 1.54) is 6.26 Å². The lowest BCUT2D eigenvalue weighted by atomic mass is 10.1. The highest BCUT2D eigenvalue weighted by molar-refractivity contribution is 7.91. The van der Waals surface area contributed by atoms with Crippen molar-refractivity contribution in [1.82, 2.24) is 9.78 Å². The Kier molecular flexibility index (Phi) is 4.09. The van der Waals surface area contributed by atoms with Crippen LogP contribution >= 0.6 is 0 Å². The molecule has 1 rings (SSSR count). The molecule has 0 amide bonds. The van der Waals surface area contributed by atoms with Gasteiger partial charge >= 0.3 is 0 Å². The summed E-state index contributed by atoms with van der Waals surface area (Å²) in [4.78, 5) is 0. The molecule has 2 unspecified atom stereocenters. The molecule has 0 fully saturated rings. The molecule has 0 saturated carbocycles. The van der Waals surface area contributed by atoms with E-state index in [9.17, 15) is 8.42 Å². The summed E-state index contributed by atoms with van der Waals surface area (Å²) in [5, 5.41) is 3.55. The Labute approximate surface area is 96.6 Å². The molecular weight excluding hydrogens is 226 g/mol. The molecule has 92 valence electrons. The molecule has 0 bridgehead atoms. The first-order valence-electron chi connectivity index (χ1n) is 5.23. The molecular formula is C10H19N3O2S. The summed E-state index contributed by atoms with van der Waals surface area (Å²) in [6.07, 6.45) is 4.34. The molecule has 0 aliphatic rings. The van der Waals surface area contributed by atoms with Crippen molar-refractivity contribution in [3.8, 4) is 0 Å². The van der Waals surface area contributed by atoms with Gasteiger partial charge in [-0.1, -0.05) is 0 Å². The smallest absolute Gasteiger partial charge is 0.151 e. The van der Waals surface area contributed by atoms with Crippen LogP contribution in [0.2, 0.25) is 0 Å². The average Bonchev–Trinajstić information content (AvgIpc) is 2.58. The predicted octanol–water partition coefficient (Wildman–Crippen LogP) is 0.113. The SMILES string of the molecule is CC(C(N)CCc1ccnn1C)S(C)(=O)=O. The maximum atomic E-state index is 11.3. The van der Waals surface area contributed by atoms with Gasteiger partial charge in [0.1, 0.15) is 0 Å². The van der Waals surface area contributed by atoms with Crippen molar-refractivity contribution in [2.45, 2.75) is 31.1 Å². The Hall–Kier alpha value is -0.880. The number of aryl methyl sites for hydroxylation is 2. The molecule has 16 heavy (non-hydrogen) atoms. The van der Waals surface area contributed by atoms with Gasteiger partial charge in [0.25, 0.3) is 0 Å². The normalized spacial score (nSPS) is 16.0. The minimum absolute atomic E-state index is 0.329. The molecule has 6 heteroatoms. The Balaban J connectivity index is 2.54. The van der Waals surface area contributed by atoms with Crippen molar-refractivity contribution in [3.63, 3.8) is 0 Å². The molecule has 0 aromatic carbocycles. The monoisotopic (exact) mass is 245 g/mol. The molecule has 0 aliphatic heterocycles. The van der Waals surface area contributed by atoms with E-state index in [1.807, 2.05) is 13.1 Å². The molecule has 0 saturated heterocycles. The maximum Gasteiger partial charge on any atom is 0.151 e. The fourth-order valence-electron chi connectivity index (χ4n) is 1.51. The predicted molar refractivity (Wildman–Crippen MR) is 63.8 cm³/mol. The van der Waals surface area contributed by atoms with Gasteiger partial charge in [0.05, 0.1) is 5.25 Å². The van der Waals surface area contributed by atoms with Crippen LogP contribution in [0.1, 0.15) is 19.0 Å². The lowest BCUT2D eigenvalue weighted by Gasteiger charge is -2.17. The summed E-state index contributed by atoms with van der Waals surface area (Å²) < 4.78 is 24.4. The molecule has 0 radical (unpaired) electrons. The quantitative estimate of drug-likeness (QED) is 0.799. The largest absolute Gasteiger partial charge is 0.327 e. The summed E-state index contributed by atoms with van der Waals surface area (Å²) in [7, 11) is -1.19. The zero-order chi connectivity index (χ0) is 12.3. The number of nitrogens with two attached hydrogens (primary N) is 1. The van der Waals surface area contributed by atoms with Gasteiger partial charge in [0, 0.05) is 31.2 Å². The van der Waals surface area contributed by atoms with Crippen molar-refractivity contribution in [2.75, 3.05) is 6.26 Å². The Morgan fingerprint density at radius 2 is 2.19 bits per heavy atom. The first-order valence-corrected chi connectivity index (χ1v) is 7.19. The average molecular weight is 245 g/mol. The maximum absolute atomic E-state index is 11.3. The highest BCUT2D eigenvalue weighted by Gasteiger charge is 2.22. The third-order valence-electron chi connectivity index (χ3n) is 2.93. The van der Waals surface area contributed by atoms with E-state index in [-0.39, 0.29) is 6.04 Å². The van der Waals surface area contributed by atoms with Crippen LogP contribution in [0.15, 0.2) is 12.3 Å². The molecule has 1 aromatic rings. The van der Waals surface area contributed by atoms with Crippen LogP contribution in [-0.2, 0) is 23.3 Å². The Bertz CT molecular complexity index is 439. The van der Waals surface area contributed by atoms with Crippen LogP contribution in [0.4, 0.5) is 0 Å².